The Morgan fingerprint density at radius 1 is 1.33 bits per heavy atom. The van der Waals surface area contributed by atoms with E-state index in [0.29, 0.717) is 24.9 Å². The normalized spacial score (nSPS) is 17.6. The van der Waals surface area contributed by atoms with E-state index >= 15 is 0 Å². The van der Waals surface area contributed by atoms with Crippen molar-refractivity contribution in [1.29, 1.82) is 0 Å². The molecule has 1 N–H and O–H groups in total. The van der Waals surface area contributed by atoms with E-state index in [9.17, 15) is 14.0 Å². The molecular formula is C17H16ClFN2O3. The molecule has 0 spiro atoms. The minimum absolute atomic E-state index is 0.0470. The van der Waals surface area contributed by atoms with E-state index in [1.807, 2.05) is 0 Å². The van der Waals surface area contributed by atoms with E-state index in [2.05, 4.69) is 5.32 Å². The summed E-state index contributed by atoms with van der Waals surface area (Å²) in [6, 6.07) is 6.03. The summed E-state index contributed by atoms with van der Waals surface area (Å²) >= 11 is 5.72. The summed E-state index contributed by atoms with van der Waals surface area (Å²) in [5, 5.41) is 2.51. The Kier molecular flexibility index (Phi) is 4.85. The SMILES string of the molecule is O=C(Nc1cccc(Cl)c1F)C1CCCN(C(=O)c2ccoc2)C1. The molecule has 7 heteroatoms. The second-order valence-corrected chi connectivity index (χ2v) is 6.10. The van der Waals surface area contributed by atoms with Crippen LogP contribution in [0.4, 0.5) is 10.1 Å². The van der Waals surface area contributed by atoms with Crippen LogP contribution >= 0.6 is 11.6 Å². The first kappa shape index (κ1) is 16.5. The number of nitrogens with one attached hydrogen (secondary N) is 1. The van der Waals surface area contributed by atoms with Crippen molar-refractivity contribution in [2.24, 2.45) is 5.92 Å². The molecule has 0 aliphatic carbocycles. The molecule has 1 fully saturated rings. The highest BCUT2D eigenvalue weighted by atomic mass is 35.5. The minimum Gasteiger partial charge on any atom is -0.472 e. The average Bonchev–Trinajstić information content (AvgIpc) is 3.13. The van der Waals surface area contributed by atoms with E-state index in [0.717, 1.165) is 0 Å². The number of piperidine rings is 1. The van der Waals surface area contributed by atoms with Crippen molar-refractivity contribution in [3.8, 4) is 0 Å². The Labute approximate surface area is 143 Å². The summed E-state index contributed by atoms with van der Waals surface area (Å²) in [5.74, 6) is -1.54. The van der Waals surface area contributed by atoms with Crippen LogP contribution in [0.2, 0.25) is 5.02 Å². The predicted molar refractivity (Wildman–Crippen MR) is 87.4 cm³/mol. The van der Waals surface area contributed by atoms with E-state index in [1.54, 1.807) is 17.0 Å². The molecule has 1 unspecified atom stereocenters. The molecule has 0 radical (unpaired) electrons. The topological polar surface area (TPSA) is 62.6 Å². The van der Waals surface area contributed by atoms with Gasteiger partial charge in [-0.3, -0.25) is 9.59 Å². The van der Waals surface area contributed by atoms with E-state index in [-0.39, 0.29) is 29.1 Å². The standard InChI is InChI=1S/C17H16ClFN2O3/c18-13-4-1-5-14(15(13)19)20-16(22)11-3-2-7-21(9-11)17(23)12-6-8-24-10-12/h1,4-6,8,10-11H,2-3,7,9H2,(H,20,22). The molecular weight excluding hydrogens is 335 g/mol. The van der Waals surface area contributed by atoms with Crippen LogP contribution in [0, 0.1) is 11.7 Å². The maximum atomic E-state index is 13.9. The number of likely N-dealkylation sites (tertiary alicyclic amines) is 1. The van der Waals surface area contributed by atoms with Gasteiger partial charge in [0, 0.05) is 13.1 Å². The van der Waals surface area contributed by atoms with Gasteiger partial charge >= 0.3 is 0 Å². The molecule has 1 aromatic heterocycles. The average molecular weight is 351 g/mol. The third-order valence-electron chi connectivity index (χ3n) is 4.06. The molecule has 5 nitrogen and oxygen atoms in total. The lowest BCUT2D eigenvalue weighted by Gasteiger charge is -2.31. The summed E-state index contributed by atoms with van der Waals surface area (Å²) in [5.41, 5.74) is 0.503. The van der Waals surface area contributed by atoms with Crippen LogP contribution in [0.15, 0.2) is 41.2 Å². The summed E-state index contributed by atoms with van der Waals surface area (Å²) in [4.78, 5) is 26.4. The van der Waals surface area contributed by atoms with Gasteiger partial charge in [0.15, 0.2) is 5.82 Å². The van der Waals surface area contributed by atoms with Crippen molar-refractivity contribution in [3.63, 3.8) is 0 Å². The number of hydrogen-bond donors (Lipinski definition) is 1. The van der Waals surface area contributed by atoms with Crippen molar-refractivity contribution < 1.29 is 18.4 Å². The molecule has 2 heterocycles. The molecule has 2 aromatic rings. The number of rotatable bonds is 3. The highest BCUT2D eigenvalue weighted by Gasteiger charge is 2.29. The number of benzene rings is 1. The summed E-state index contributed by atoms with van der Waals surface area (Å²) in [7, 11) is 0. The van der Waals surface area contributed by atoms with E-state index in [4.69, 9.17) is 16.0 Å². The van der Waals surface area contributed by atoms with Crippen LogP contribution in [-0.4, -0.2) is 29.8 Å². The third-order valence-corrected chi connectivity index (χ3v) is 4.35. The quantitative estimate of drug-likeness (QED) is 0.920. The van der Waals surface area contributed by atoms with Crippen molar-refractivity contribution >= 4 is 29.1 Å². The van der Waals surface area contributed by atoms with Crippen LogP contribution < -0.4 is 5.32 Å². The van der Waals surface area contributed by atoms with Crippen molar-refractivity contribution in [2.75, 3.05) is 18.4 Å². The highest BCUT2D eigenvalue weighted by Crippen LogP contribution is 2.24. The first-order valence-corrected chi connectivity index (χ1v) is 8.00. The highest BCUT2D eigenvalue weighted by molar-refractivity contribution is 6.31. The Bertz CT molecular complexity index is 748. The lowest BCUT2D eigenvalue weighted by molar-refractivity contribution is -0.121. The van der Waals surface area contributed by atoms with Crippen molar-refractivity contribution in [1.82, 2.24) is 4.90 Å². The van der Waals surface area contributed by atoms with Crippen LogP contribution in [0.1, 0.15) is 23.2 Å². The molecule has 0 saturated carbocycles. The summed E-state index contributed by atoms with van der Waals surface area (Å²) in [6.07, 6.45) is 4.17. The third kappa shape index (κ3) is 3.43. The second-order valence-electron chi connectivity index (χ2n) is 5.69. The molecule has 1 aliphatic heterocycles. The summed E-state index contributed by atoms with van der Waals surface area (Å²) < 4.78 is 18.8. The van der Waals surface area contributed by atoms with Crippen LogP contribution in [-0.2, 0) is 4.79 Å². The zero-order chi connectivity index (χ0) is 17.1. The minimum atomic E-state index is -0.658. The van der Waals surface area contributed by atoms with Gasteiger partial charge in [0.1, 0.15) is 6.26 Å². The molecule has 1 aliphatic rings. The second kappa shape index (κ2) is 7.05. The summed E-state index contributed by atoms with van der Waals surface area (Å²) in [6.45, 7) is 0.872. The van der Waals surface area contributed by atoms with Gasteiger partial charge in [-0.25, -0.2) is 4.39 Å². The first-order chi connectivity index (χ1) is 11.6. The number of hydrogen-bond acceptors (Lipinski definition) is 3. The van der Waals surface area contributed by atoms with E-state index < -0.39 is 11.7 Å². The molecule has 1 atom stereocenters. The van der Waals surface area contributed by atoms with Crippen LogP contribution in [0.25, 0.3) is 0 Å². The number of halogens is 2. The fraction of sp³-hybridized carbons (Fsp3) is 0.294. The molecule has 1 saturated heterocycles. The largest absolute Gasteiger partial charge is 0.472 e. The van der Waals surface area contributed by atoms with Crippen LogP contribution in [0.3, 0.4) is 0 Å². The molecule has 1 aromatic carbocycles. The lowest BCUT2D eigenvalue weighted by atomic mass is 9.96. The van der Waals surface area contributed by atoms with Gasteiger partial charge in [-0.1, -0.05) is 17.7 Å². The number of amides is 2. The Balaban J connectivity index is 1.67. The zero-order valence-corrected chi connectivity index (χ0v) is 13.6. The maximum Gasteiger partial charge on any atom is 0.257 e. The number of carbonyl (C=O) groups is 2. The fourth-order valence-corrected chi connectivity index (χ4v) is 2.95. The van der Waals surface area contributed by atoms with Crippen molar-refractivity contribution in [2.45, 2.75) is 12.8 Å². The van der Waals surface area contributed by atoms with Gasteiger partial charge in [0.05, 0.1) is 28.5 Å². The van der Waals surface area contributed by atoms with Gasteiger partial charge in [0.25, 0.3) is 5.91 Å². The predicted octanol–water partition coefficient (Wildman–Crippen LogP) is 3.56. The zero-order valence-electron chi connectivity index (χ0n) is 12.8. The molecule has 3 rings (SSSR count). The Hall–Kier alpha value is -2.34. The number of carbonyl (C=O) groups excluding carboxylic acids is 2. The molecule has 24 heavy (non-hydrogen) atoms. The number of nitrogens with zero attached hydrogens (tertiary/aromatic N) is 1. The van der Waals surface area contributed by atoms with E-state index in [1.165, 1.54) is 24.7 Å². The van der Waals surface area contributed by atoms with Gasteiger partial charge in [-0.05, 0) is 31.0 Å². The Morgan fingerprint density at radius 3 is 2.92 bits per heavy atom. The molecule has 126 valence electrons. The van der Waals surface area contributed by atoms with Crippen LogP contribution in [0.5, 0.6) is 0 Å². The molecule has 2 amide bonds. The smallest absolute Gasteiger partial charge is 0.257 e. The van der Waals surface area contributed by atoms with Gasteiger partial charge in [-0.2, -0.15) is 0 Å². The van der Waals surface area contributed by atoms with Gasteiger partial charge in [-0.15, -0.1) is 0 Å². The van der Waals surface area contributed by atoms with Crippen molar-refractivity contribution in [3.05, 3.63) is 53.2 Å². The monoisotopic (exact) mass is 350 g/mol. The van der Waals surface area contributed by atoms with Gasteiger partial charge in [0.2, 0.25) is 5.91 Å². The number of furan rings is 1. The van der Waals surface area contributed by atoms with Gasteiger partial charge < -0.3 is 14.6 Å². The Morgan fingerprint density at radius 2 is 2.17 bits per heavy atom. The molecule has 0 bridgehead atoms. The maximum absolute atomic E-state index is 13.9. The lowest BCUT2D eigenvalue weighted by Crippen LogP contribution is -2.43. The fourth-order valence-electron chi connectivity index (χ4n) is 2.78. The first-order valence-electron chi connectivity index (χ1n) is 7.62. The number of anilines is 1.